The molecule has 2 aromatic heterocycles. The van der Waals surface area contributed by atoms with Crippen molar-refractivity contribution in [1.82, 2.24) is 24.4 Å². The van der Waals surface area contributed by atoms with Crippen LogP contribution < -0.4 is 10.9 Å². The van der Waals surface area contributed by atoms with E-state index in [1.165, 1.54) is 10.6 Å². The zero-order chi connectivity index (χ0) is 24.7. The van der Waals surface area contributed by atoms with E-state index in [4.69, 9.17) is 4.74 Å². The Labute approximate surface area is 198 Å². The predicted octanol–water partition coefficient (Wildman–Crippen LogP) is 1.71. The first kappa shape index (κ1) is 24.0. The standard InChI is InChI=1S/C24H33N5O5/c1-13(2)10-28-22-18(8-9-19(30)27-11-15(4)34-12-14(27)3)16(5)26-29(22)24(33)20(23(28)32)21(31)25-17-6-7-17/h8-9,13-15,17,32H,6-7,10-12H2,1-5H3,(H,25,31)/b9-8+/t14-,15+/m1/s1. The summed E-state index contributed by atoms with van der Waals surface area (Å²) in [5.41, 5.74) is 0.412. The van der Waals surface area contributed by atoms with Crippen LogP contribution >= 0.6 is 0 Å². The predicted molar refractivity (Wildman–Crippen MR) is 127 cm³/mol. The number of carbonyl (C=O) groups is 2. The number of aromatic hydroxyl groups is 1. The van der Waals surface area contributed by atoms with Gasteiger partial charge in [0.2, 0.25) is 11.8 Å². The zero-order valence-electron chi connectivity index (χ0n) is 20.4. The summed E-state index contributed by atoms with van der Waals surface area (Å²) in [5.74, 6) is -1.04. The van der Waals surface area contributed by atoms with Gasteiger partial charge in [-0.2, -0.15) is 9.61 Å². The number of fused-ring (bicyclic) bond motifs is 1. The Morgan fingerprint density at radius 3 is 2.65 bits per heavy atom. The number of nitrogens with one attached hydrogen (secondary N) is 1. The molecule has 0 aromatic carbocycles. The molecule has 0 bridgehead atoms. The fourth-order valence-electron chi connectivity index (χ4n) is 4.24. The minimum absolute atomic E-state index is 0.0368. The van der Waals surface area contributed by atoms with Crippen molar-refractivity contribution in [2.24, 2.45) is 5.92 Å². The molecule has 0 radical (unpaired) electrons. The van der Waals surface area contributed by atoms with Crippen LogP contribution in [0.2, 0.25) is 0 Å². The summed E-state index contributed by atoms with van der Waals surface area (Å²) in [6.45, 7) is 10.9. The Morgan fingerprint density at radius 2 is 2.00 bits per heavy atom. The summed E-state index contributed by atoms with van der Waals surface area (Å²) in [4.78, 5) is 40.7. The fourth-order valence-corrected chi connectivity index (χ4v) is 4.24. The van der Waals surface area contributed by atoms with Gasteiger partial charge in [-0.1, -0.05) is 13.8 Å². The van der Waals surface area contributed by atoms with Gasteiger partial charge in [-0.3, -0.25) is 19.0 Å². The van der Waals surface area contributed by atoms with Gasteiger partial charge in [-0.05, 0) is 45.6 Å². The van der Waals surface area contributed by atoms with Crippen LogP contribution in [0.4, 0.5) is 0 Å². The first-order valence-corrected chi connectivity index (χ1v) is 11.8. The van der Waals surface area contributed by atoms with Crippen molar-refractivity contribution in [3.63, 3.8) is 0 Å². The quantitative estimate of drug-likeness (QED) is 0.620. The van der Waals surface area contributed by atoms with Gasteiger partial charge in [0.25, 0.3) is 11.5 Å². The van der Waals surface area contributed by atoms with Gasteiger partial charge in [0, 0.05) is 30.8 Å². The summed E-state index contributed by atoms with van der Waals surface area (Å²) in [6.07, 6.45) is 4.78. The fraction of sp³-hybridized carbons (Fsp3) is 0.583. The van der Waals surface area contributed by atoms with Gasteiger partial charge in [-0.25, -0.2) is 0 Å². The van der Waals surface area contributed by atoms with Crippen LogP contribution in [0.15, 0.2) is 10.9 Å². The number of hydrogen-bond donors (Lipinski definition) is 2. The van der Waals surface area contributed by atoms with Crippen LogP contribution in [0.3, 0.4) is 0 Å². The Kier molecular flexibility index (Phi) is 6.53. The monoisotopic (exact) mass is 471 g/mol. The van der Waals surface area contributed by atoms with Crippen LogP contribution in [0.25, 0.3) is 11.7 Å². The molecule has 4 rings (SSSR count). The van der Waals surface area contributed by atoms with E-state index in [9.17, 15) is 19.5 Å². The average molecular weight is 472 g/mol. The van der Waals surface area contributed by atoms with Crippen molar-refractivity contribution < 1.29 is 19.4 Å². The van der Waals surface area contributed by atoms with Crippen molar-refractivity contribution >= 4 is 23.5 Å². The molecule has 0 unspecified atom stereocenters. The number of morpholine rings is 1. The highest BCUT2D eigenvalue weighted by molar-refractivity contribution is 5.97. The maximum atomic E-state index is 13.2. The number of nitrogens with zero attached hydrogens (tertiary/aromatic N) is 4. The van der Waals surface area contributed by atoms with E-state index in [1.54, 1.807) is 17.9 Å². The van der Waals surface area contributed by atoms with Crippen molar-refractivity contribution in [2.45, 2.75) is 72.2 Å². The molecule has 2 fully saturated rings. The summed E-state index contributed by atoms with van der Waals surface area (Å²) in [7, 11) is 0. The molecule has 1 saturated heterocycles. The first-order valence-electron chi connectivity index (χ1n) is 11.8. The summed E-state index contributed by atoms with van der Waals surface area (Å²) >= 11 is 0. The molecule has 2 amide bonds. The number of aromatic nitrogens is 3. The van der Waals surface area contributed by atoms with E-state index >= 15 is 0 Å². The van der Waals surface area contributed by atoms with Crippen molar-refractivity contribution in [3.8, 4) is 5.88 Å². The lowest BCUT2D eigenvalue weighted by Gasteiger charge is -2.36. The van der Waals surface area contributed by atoms with Crippen molar-refractivity contribution in [3.05, 3.63) is 33.3 Å². The third kappa shape index (κ3) is 4.59. The van der Waals surface area contributed by atoms with E-state index in [0.717, 1.165) is 17.4 Å². The Bertz CT molecular complexity index is 1210. The zero-order valence-corrected chi connectivity index (χ0v) is 20.4. The summed E-state index contributed by atoms with van der Waals surface area (Å²) in [5, 5.41) is 18.2. The van der Waals surface area contributed by atoms with E-state index in [1.807, 2.05) is 27.7 Å². The maximum absolute atomic E-state index is 13.2. The summed E-state index contributed by atoms with van der Waals surface area (Å²) in [6, 6.07) is -0.0104. The van der Waals surface area contributed by atoms with Gasteiger partial charge >= 0.3 is 0 Å². The lowest BCUT2D eigenvalue weighted by atomic mass is 10.1. The second-order valence-electron chi connectivity index (χ2n) is 9.81. The van der Waals surface area contributed by atoms with Gasteiger partial charge in [0.15, 0.2) is 5.56 Å². The normalized spacial score (nSPS) is 21.1. The third-order valence-corrected chi connectivity index (χ3v) is 6.19. The minimum atomic E-state index is -0.685. The Morgan fingerprint density at radius 1 is 1.29 bits per heavy atom. The largest absolute Gasteiger partial charge is 0.494 e. The van der Waals surface area contributed by atoms with Crippen LogP contribution in [0.5, 0.6) is 5.88 Å². The molecule has 2 aromatic rings. The number of ether oxygens (including phenoxy) is 1. The highest BCUT2D eigenvalue weighted by atomic mass is 16.5. The Balaban J connectivity index is 1.79. The molecule has 1 aliphatic heterocycles. The second kappa shape index (κ2) is 9.25. The molecular weight excluding hydrogens is 438 g/mol. The van der Waals surface area contributed by atoms with Crippen LogP contribution in [-0.4, -0.2) is 67.3 Å². The van der Waals surface area contributed by atoms with Crippen LogP contribution in [-0.2, 0) is 16.1 Å². The number of aryl methyl sites for hydroxylation is 1. The number of amides is 2. The molecule has 1 saturated carbocycles. The van der Waals surface area contributed by atoms with E-state index < -0.39 is 11.5 Å². The minimum Gasteiger partial charge on any atom is -0.494 e. The molecule has 0 spiro atoms. The van der Waals surface area contributed by atoms with Crippen LogP contribution in [0.1, 0.15) is 62.2 Å². The molecular formula is C24H33N5O5. The summed E-state index contributed by atoms with van der Waals surface area (Å²) < 4.78 is 8.30. The van der Waals surface area contributed by atoms with Crippen molar-refractivity contribution in [2.75, 3.05) is 13.2 Å². The molecule has 34 heavy (non-hydrogen) atoms. The molecule has 2 atom stereocenters. The number of rotatable bonds is 6. The second-order valence-corrected chi connectivity index (χ2v) is 9.81. The number of carbonyl (C=O) groups excluding carboxylic acids is 2. The molecule has 10 nitrogen and oxygen atoms in total. The highest BCUT2D eigenvalue weighted by Crippen LogP contribution is 2.26. The number of hydrogen-bond acceptors (Lipinski definition) is 6. The molecule has 2 aliphatic rings. The van der Waals surface area contributed by atoms with E-state index in [2.05, 4.69) is 10.4 Å². The van der Waals surface area contributed by atoms with Gasteiger partial charge in [0.05, 0.1) is 24.4 Å². The molecule has 184 valence electrons. The maximum Gasteiger partial charge on any atom is 0.291 e. The third-order valence-electron chi connectivity index (χ3n) is 6.19. The highest BCUT2D eigenvalue weighted by Gasteiger charge is 2.31. The van der Waals surface area contributed by atoms with Gasteiger partial charge in [-0.15, -0.1) is 0 Å². The molecule has 3 heterocycles. The van der Waals surface area contributed by atoms with Gasteiger partial charge in [0.1, 0.15) is 5.65 Å². The van der Waals surface area contributed by atoms with E-state index in [-0.39, 0.29) is 41.5 Å². The van der Waals surface area contributed by atoms with Crippen LogP contribution in [0, 0.1) is 12.8 Å². The Hall–Kier alpha value is -3.14. The molecule has 2 N–H and O–H groups in total. The van der Waals surface area contributed by atoms with Gasteiger partial charge < -0.3 is 20.1 Å². The smallest absolute Gasteiger partial charge is 0.291 e. The van der Waals surface area contributed by atoms with E-state index in [0.29, 0.717) is 36.6 Å². The molecule has 10 heteroatoms. The lowest BCUT2D eigenvalue weighted by Crippen LogP contribution is -2.49. The van der Waals surface area contributed by atoms with Crippen molar-refractivity contribution in [1.29, 1.82) is 0 Å². The SMILES string of the molecule is Cc1nn2c(=O)c(C(=O)NC3CC3)c(O)n(CC(C)C)c2c1/C=C/C(=O)N1C[C@H](C)OC[C@H]1C. The average Bonchev–Trinajstić information content (AvgIpc) is 3.51. The molecule has 1 aliphatic carbocycles. The first-order chi connectivity index (χ1) is 16.1. The lowest BCUT2D eigenvalue weighted by molar-refractivity contribution is -0.137. The topological polar surface area (TPSA) is 118 Å².